The van der Waals surface area contributed by atoms with Crippen LogP contribution in [0.2, 0.25) is 0 Å². The third-order valence-corrected chi connectivity index (χ3v) is 7.40. The minimum Gasteiger partial charge on any atom is -0.423 e. The molecule has 2 aromatic carbocycles. The van der Waals surface area contributed by atoms with Crippen LogP contribution in [0.3, 0.4) is 0 Å². The van der Waals surface area contributed by atoms with Crippen molar-refractivity contribution in [1.29, 1.82) is 0 Å². The molecule has 9 nitrogen and oxygen atoms in total. The molecule has 0 atom stereocenters. The number of hydrogen-bond donors (Lipinski definition) is 0. The highest BCUT2D eigenvalue weighted by molar-refractivity contribution is 7.89. The standard InChI is InChI=1S/C21H23N5O4S/c1-25(17-7-3-2-4-8-17)31(28,29)20-9-5-6-16(14-20)21(27)30-19-12-10-18(11-13-19)26-15-22-23-24-26/h5-6,9-15,17H,2-4,7-8H2,1H3. The first-order valence-electron chi connectivity index (χ1n) is 10.1. The summed E-state index contributed by atoms with van der Waals surface area (Å²) in [5.41, 5.74) is 0.881. The van der Waals surface area contributed by atoms with Crippen molar-refractivity contribution in [3.05, 3.63) is 60.4 Å². The van der Waals surface area contributed by atoms with Crippen LogP contribution in [-0.2, 0) is 10.0 Å². The Labute approximate surface area is 180 Å². The summed E-state index contributed by atoms with van der Waals surface area (Å²) in [6.45, 7) is 0. The molecule has 4 rings (SSSR count). The number of sulfonamides is 1. The highest BCUT2D eigenvalue weighted by Gasteiger charge is 2.29. The van der Waals surface area contributed by atoms with Gasteiger partial charge in [-0.1, -0.05) is 25.3 Å². The second-order valence-corrected chi connectivity index (χ2v) is 9.48. The van der Waals surface area contributed by atoms with Crippen LogP contribution in [0, 0.1) is 0 Å². The van der Waals surface area contributed by atoms with Crippen molar-refractivity contribution in [2.75, 3.05) is 7.05 Å². The fourth-order valence-electron chi connectivity index (χ4n) is 3.70. The summed E-state index contributed by atoms with van der Waals surface area (Å²) in [5, 5.41) is 10.9. The van der Waals surface area contributed by atoms with Crippen LogP contribution >= 0.6 is 0 Å². The molecule has 31 heavy (non-hydrogen) atoms. The fourth-order valence-corrected chi connectivity index (χ4v) is 5.17. The molecule has 0 spiro atoms. The summed E-state index contributed by atoms with van der Waals surface area (Å²) in [4.78, 5) is 12.7. The zero-order valence-corrected chi connectivity index (χ0v) is 17.9. The number of tetrazole rings is 1. The first kappa shape index (κ1) is 21.1. The number of carbonyl (C=O) groups excluding carboxylic acids is 1. The molecular weight excluding hydrogens is 418 g/mol. The number of hydrogen-bond acceptors (Lipinski definition) is 7. The SMILES string of the molecule is CN(C1CCCCC1)S(=O)(=O)c1cccc(C(=O)Oc2ccc(-n3cnnn3)cc2)c1. The van der Waals surface area contributed by atoms with Crippen LogP contribution < -0.4 is 4.74 Å². The quantitative estimate of drug-likeness (QED) is 0.428. The average molecular weight is 442 g/mol. The van der Waals surface area contributed by atoms with E-state index >= 15 is 0 Å². The summed E-state index contributed by atoms with van der Waals surface area (Å²) in [6.07, 6.45) is 6.38. The lowest BCUT2D eigenvalue weighted by Crippen LogP contribution is -2.38. The van der Waals surface area contributed by atoms with Crippen LogP contribution in [0.5, 0.6) is 5.75 Å². The largest absolute Gasteiger partial charge is 0.423 e. The summed E-state index contributed by atoms with van der Waals surface area (Å²) >= 11 is 0. The molecule has 1 aromatic heterocycles. The zero-order valence-electron chi connectivity index (χ0n) is 17.1. The van der Waals surface area contributed by atoms with E-state index in [1.165, 1.54) is 33.5 Å². The van der Waals surface area contributed by atoms with E-state index < -0.39 is 16.0 Å². The predicted molar refractivity (Wildman–Crippen MR) is 112 cm³/mol. The minimum absolute atomic E-state index is 0.00643. The number of carbonyl (C=O) groups is 1. The molecule has 1 aliphatic carbocycles. The summed E-state index contributed by atoms with van der Waals surface area (Å²) in [7, 11) is -2.08. The molecule has 162 valence electrons. The Balaban J connectivity index is 1.49. The van der Waals surface area contributed by atoms with Gasteiger partial charge in [-0.15, -0.1) is 5.10 Å². The van der Waals surface area contributed by atoms with Gasteiger partial charge in [-0.3, -0.25) is 0 Å². The topological polar surface area (TPSA) is 107 Å². The van der Waals surface area contributed by atoms with Gasteiger partial charge in [0.15, 0.2) is 0 Å². The number of esters is 1. The summed E-state index contributed by atoms with van der Waals surface area (Å²) in [6, 6.07) is 12.6. The highest BCUT2D eigenvalue weighted by Crippen LogP contribution is 2.27. The average Bonchev–Trinajstić information content (AvgIpc) is 3.35. The van der Waals surface area contributed by atoms with E-state index in [1.54, 1.807) is 37.4 Å². The highest BCUT2D eigenvalue weighted by atomic mass is 32.2. The van der Waals surface area contributed by atoms with Crippen molar-refractivity contribution in [1.82, 2.24) is 24.5 Å². The maximum Gasteiger partial charge on any atom is 0.343 e. The number of ether oxygens (including phenoxy) is 1. The maximum absolute atomic E-state index is 13.1. The lowest BCUT2D eigenvalue weighted by Gasteiger charge is -2.30. The van der Waals surface area contributed by atoms with Crippen molar-refractivity contribution >= 4 is 16.0 Å². The Kier molecular flexibility index (Phi) is 6.10. The Morgan fingerprint density at radius 3 is 2.52 bits per heavy atom. The smallest absolute Gasteiger partial charge is 0.343 e. The predicted octanol–water partition coefficient (Wildman–Crippen LogP) is 2.83. The summed E-state index contributed by atoms with van der Waals surface area (Å²) in [5.74, 6) is -0.304. The van der Waals surface area contributed by atoms with Crippen LogP contribution in [0.25, 0.3) is 5.69 Å². The lowest BCUT2D eigenvalue weighted by atomic mass is 9.96. The lowest BCUT2D eigenvalue weighted by molar-refractivity contribution is 0.0734. The maximum atomic E-state index is 13.1. The van der Waals surface area contributed by atoms with Gasteiger partial charge in [0.25, 0.3) is 0 Å². The molecular formula is C21H23N5O4S. The van der Waals surface area contributed by atoms with Gasteiger partial charge in [0.05, 0.1) is 16.1 Å². The van der Waals surface area contributed by atoms with Crippen molar-refractivity contribution in [3.8, 4) is 11.4 Å². The van der Waals surface area contributed by atoms with E-state index in [9.17, 15) is 13.2 Å². The normalized spacial score (nSPS) is 15.2. The molecule has 0 unspecified atom stereocenters. The monoisotopic (exact) mass is 441 g/mol. The van der Waals surface area contributed by atoms with Gasteiger partial charge in [-0.05, 0) is 65.7 Å². The van der Waals surface area contributed by atoms with Gasteiger partial charge < -0.3 is 4.74 Å². The zero-order chi connectivity index (χ0) is 21.8. The van der Waals surface area contributed by atoms with E-state index in [0.29, 0.717) is 11.4 Å². The van der Waals surface area contributed by atoms with Crippen LogP contribution in [0.4, 0.5) is 0 Å². The molecule has 0 aliphatic heterocycles. The minimum atomic E-state index is -3.69. The molecule has 0 bridgehead atoms. The second kappa shape index (κ2) is 8.94. The van der Waals surface area contributed by atoms with Crippen LogP contribution in [-0.4, -0.2) is 52.0 Å². The third-order valence-electron chi connectivity index (χ3n) is 5.50. The van der Waals surface area contributed by atoms with Crippen molar-refractivity contribution in [3.63, 3.8) is 0 Å². The van der Waals surface area contributed by atoms with Crippen molar-refractivity contribution in [2.45, 2.75) is 43.0 Å². The van der Waals surface area contributed by atoms with Gasteiger partial charge in [0.2, 0.25) is 10.0 Å². The van der Waals surface area contributed by atoms with Crippen LogP contribution in [0.15, 0.2) is 59.8 Å². The van der Waals surface area contributed by atoms with E-state index in [2.05, 4.69) is 15.5 Å². The van der Waals surface area contributed by atoms with Gasteiger partial charge in [0, 0.05) is 13.1 Å². The molecule has 1 saturated carbocycles. The molecule has 0 saturated heterocycles. The Morgan fingerprint density at radius 2 is 1.84 bits per heavy atom. The Bertz CT molecular complexity index is 1140. The fraction of sp³-hybridized carbons (Fsp3) is 0.333. The molecule has 3 aromatic rings. The van der Waals surface area contributed by atoms with E-state index in [0.717, 1.165) is 32.1 Å². The van der Waals surface area contributed by atoms with Gasteiger partial charge >= 0.3 is 5.97 Å². The van der Waals surface area contributed by atoms with E-state index in [-0.39, 0.29) is 16.5 Å². The van der Waals surface area contributed by atoms with E-state index in [1.807, 2.05) is 0 Å². The van der Waals surface area contributed by atoms with Gasteiger partial charge in [0.1, 0.15) is 12.1 Å². The molecule has 0 N–H and O–H groups in total. The molecule has 0 radical (unpaired) electrons. The molecule has 1 fully saturated rings. The number of benzene rings is 2. The number of nitrogens with zero attached hydrogens (tertiary/aromatic N) is 5. The second-order valence-electron chi connectivity index (χ2n) is 7.48. The van der Waals surface area contributed by atoms with Gasteiger partial charge in [-0.25, -0.2) is 17.9 Å². The Morgan fingerprint density at radius 1 is 1.10 bits per heavy atom. The molecule has 0 amide bonds. The van der Waals surface area contributed by atoms with Gasteiger partial charge in [-0.2, -0.15) is 4.31 Å². The number of aromatic nitrogens is 4. The van der Waals surface area contributed by atoms with Crippen molar-refractivity contribution < 1.29 is 17.9 Å². The first-order valence-corrected chi connectivity index (χ1v) is 11.5. The third kappa shape index (κ3) is 4.64. The molecule has 10 heteroatoms. The molecule has 1 heterocycles. The number of rotatable bonds is 6. The van der Waals surface area contributed by atoms with E-state index in [4.69, 9.17) is 4.74 Å². The molecule has 1 aliphatic rings. The van der Waals surface area contributed by atoms with Crippen molar-refractivity contribution in [2.24, 2.45) is 0 Å². The van der Waals surface area contributed by atoms with Crippen LogP contribution in [0.1, 0.15) is 42.5 Å². The first-order chi connectivity index (χ1) is 14.9. The Hall–Kier alpha value is -3.11. The summed E-state index contributed by atoms with van der Waals surface area (Å²) < 4.78 is 34.5.